The van der Waals surface area contributed by atoms with Crippen molar-refractivity contribution in [3.8, 4) is 0 Å². The smallest absolute Gasteiger partial charge is 0.0307 e. The summed E-state index contributed by atoms with van der Waals surface area (Å²) in [6.45, 7) is 7.96. The van der Waals surface area contributed by atoms with Crippen molar-refractivity contribution in [1.29, 1.82) is 0 Å². The lowest BCUT2D eigenvalue weighted by Crippen LogP contribution is -1.89. The topological polar surface area (TPSA) is 0 Å². The van der Waals surface area contributed by atoms with E-state index in [9.17, 15) is 0 Å². The normalized spacial score (nSPS) is 13.1. The van der Waals surface area contributed by atoms with Crippen LogP contribution in [0.5, 0.6) is 0 Å². The molecule has 0 amide bonds. The summed E-state index contributed by atoms with van der Waals surface area (Å²) in [5, 5.41) is 0.338. The van der Waals surface area contributed by atoms with E-state index >= 15 is 0 Å². The Labute approximate surface area is 69.3 Å². The maximum absolute atomic E-state index is 5.77. The van der Waals surface area contributed by atoms with Gasteiger partial charge in [0.1, 0.15) is 0 Å². The van der Waals surface area contributed by atoms with Gasteiger partial charge in [0.2, 0.25) is 0 Å². The molecule has 10 heavy (non-hydrogen) atoms. The molecule has 0 aromatic heterocycles. The SMILES string of the molecule is C=C(C)CCCCC(C)Cl. The summed E-state index contributed by atoms with van der Waals surface area (Å²) < 4.78 is 0. The first-order valence-corrected chi connectivity index (χ1v) is 4.35. The molecule has 0 saturated heterocycles. The third-order valence-electron chi connectivity index (χ3n) is 1.46. The summed E-state index contributed by atoms with van der Waals surface area (Å²) in [5.41, 5.74) is 1.28. The summed E-state index contributed by atoms with van der Waals surface area (Å²) in [6.07, 6.45) is 4.77. The van der Waals surface area contributed by atoms with Crippen LogP contribution in [-0.2, 0) is 0 Å². The Morgan fingerprint density at radius 3 is 2.50 bits per heavy atom. The Morgan fingerprint density at radius 2 is 2.10 bits per heavy atom. The van der Waals surface area contributed by atoms with Crippen LogP contribution in [0.1, 0.15) is 39.5 Å². The van der Waals surface area contributed by atoms with E-state index in [0.717, 1.165) is 12.8 Å². The van der Waals surface area contributed by atoms with Gasteiger partial charge in [0.05, 0.1) is 0 Å². The maximum atomic E-state index is 5.77. The molecule has 0 aromatic rings. The molecule has 0 nitrogen and oxygen atoms in total. The third-order valence-corrected chi connectivity index (χ3v) is 1.67. The van der Waals surface area contributed by atoms with E-state index in [2.05, 4.69) is 13.5 Å². The highest BCUT2D eigenvalue weighted by atomic mass is 35.5. The zero-order valence-corrected chi connectivity index (χ0v) is 7.75. The fraction of sp³-hybridized carbons (Fsp3) is 0.778. The molecule has 1 heteroatoms. The van der Waals surface area contributed by atoms with Crippen LogP contribution in [0.2, 0.25) is 0 Å². The highest BCUT2D eigenvalue weighted by Gasteiger charge is 1.95. The van der Waals surface area contributed by atoms with Crippen molar-refractivity contribution >= 4 is 11.6 Å². The maximum Gasteiger partial charge on any atom is 0.0307 e. The van der Waals surface area contributed by atoms with Crippen LogP contribution in [0.25, 0.3) is 0 Å². The first kappa shape index (κ1) is 10.0. The standard InChI is InChI=1S/C9H17Cl/c1-8(2)6-4-5-7-9(3)10/h9H,1,4-7H2,2-3H3. The van der Waals surface area contributed by atoms with Crippen molar-refractivity contribution in [2.45, 2.75) is 44.9 Å². The van der Waals surface area contributed by atoms with Gasteiger partial charge < -0.3 is 0 Å². The molecule has 1 unspecified atom stereocenters. The molecule has 0 aliphatic heterocycles. The second kappa shape index (κ2) is 5.79. The monoisotopic (exact) mass is 160 g/mol. The average Bonchev–Trinajstić information content (AvgIpc) is 1.79. The van der Waals surface area contributed by atoms with Gasteiger partial charge in [0, 0.05) is 5.38 Å². The minimum Gasteiger partial charge on any atom is -0.123 e. The molecule has 0 aliphatic rings. The number of alkyl halides is 1. The van der Waals surface area contributed by atoms with Crippen molar-refractivity contribution in [2.24, 2.45) is 0 Å². The lowest BCUT2D eigenvalue weighted by atomic mass is 10.1. The lowest BCUT2D eigenvalue weighted by Gasteiger charge is -2.01. The van der Waals surface area contributed by atoms with Crippen molar-refractivity contribution < 1.29 is 0 Å². The van der Waals surface area contributed by atoms with Gasteiger partial charge in [-0.15, -0.1) is 18.2 Å². The third kappa shape index (κ3) is 8.03. The van der Waals surface area contributed by atoms with Crippen LogP contribution in [0.3, 0.4) is 0 Å². The van der Waals surface area contributed by atoms with E-state index < -0.39 is 0 Å². The Balaban J connectivity index is 2.98. The predicted octanol–water partition coefficient (Wildman–Crippen LogP) is 3.75. The molecular weight excluding hydrogens is 144 g/mol. The fourth-order valence-electron chi connectivity index (χ4n) is 0.852. The fourth-order valence-corrected chi connectivity index (χ4v) is 1.01. The van der Waals surface area contributed by atoms with E-state index in [1.54, 1.807) is 0 Å². The van der Waals surface area contributed by atoms with Crippen LogP contribution in [0, 0.1) is 0 Å². The van der Waals surface area contributed by atoms with Gasteiger partial charge in [0.25, 0.3) is 0 Å². The van der Waals surface area contributed by atoms with Gasteiger partial charge in [-0.3, -0.25) is 0 Å². The number of halogens is 1. The second-order valence-electron chi connectivity index (χ2n) is 2.98. The molecular formula is C9H17Cl. The molecule has 0 bridgehead atoms. The Kier molecular flexibility index (Phi) is 5.81. The molecule has 0 saturated carbocycles. The van der Waals surface area contributed by atoms with Gasteiger partial charge in [-0.25, -0.2) is 0 Å². The molecule has 0 rings (SSSR count). The number of unbranched alkanes of at least 4 members (excludes halogenated alkanes) is 1. The van der Waals surface area contributed by atoms with Crippen molar-refractivity contribution in [1.82, 2.24) is 0 Å². The molecule has 60 valence electrons. The largest absolute Gasteiger partial charge is 0.123 e. The highest BCUT2D eigenvalue weighted by molar-refractivity contribution is 6.20. The Bertz CT molecular complexity index is 94.9. The van der Waals surface area contributed by atoms with Gasteiger partial charge in [-0.05, 0) is 33.1 Å². The number of hydrogen-bond acceptors (Lipinski definition) is 0. The molecule has 0 aliphatic carbocycles. The van der Waals surface area contributed by atoms with Crippen LogP contribution >= 0.6 is 11.6 Å². The van der Waals surface area contributed by atoms with Crippen molar-refractivity contribution in [3.05, 3.63) is 12.2 Å². The lowest BCUT2D eigenvalue weighted by molar-refractivity contribution is 0.669. The minimum absolute atomic E-state index is 0.338. The Morgan fingerprint density at radius 1 is 1.50 bits per heavy atom. The summed E-state index contributed by atoms with van der Waals surface area (Å²) in [7, 11) is 0. The molecule has 0 radical (unpaired) electrons. The van der Waals surface area contributed by atoms with Crippen LogP contribution in [-0.4, -0.2) is 5.38 Å². The van der Waals surface area contributed by atoms with Crippen molar-refractivity contribution in [2.75, 3.05) is 0 Å². The van der Waals surface area contributed by atoms with E-state index in [1.807, 2.05) is 6.92 Å². The first-order chi connectivity index (χ1) is 4.63. The molecule has 0 spiro atoms. The minimum atomic E-state index is 0.338. The highest BCUT2D eigenvalue weighted by Crippen LogP contribution is 2.10. The van der Waals surface area contributed by atoms with E-state index in [0.29, 0.717) is 5.38 Å². The molecule has 0 fully saturated rings. The summed E-state index contributed by atoms with van der Waals surface area (Å²) in [6, 6.07) is 0. The molecule has 0 aromatic carbocycles. The van der Waals surface area contributed by atoms with Crippen molar-refractivity contribution in [3.63, 3.8) is 0 Å². The van der Waals surface area contributed by atoms with Crippen LogP contribution in [0.4, 0.5) is 0 Å². The van der Waals surface area contributed by atoms with Gasteiger partial charge in [-0.2, -0.15) is 0 Å². The predicted molar refractivity (Wildman–Crippen MR) is 48.6 cm³/mol. The molecule has 0 N–H and O–H groups in total. The quantitative estimate of drug-likeness (QED) is 0.327. The molecule has 1 atom stereocenters. The summed E-state index contributed by atoms with van der Waals surface area (Å²) in [4.78, 5) is 0. The second-order valence-corrected chi connectivity index (χ2v) is 3.73. The summed E-state index contributed by atoms with van der Waals surface area (Å²) in [5.74, 6) is 0. The van der Waals surface area contributed by atoms with Crippen LogP contribution < -0.4 is 0 Å². The molecule has 0 heterocycles. The van der Waals surface area contributed by atoms with Gasteiger partial charge in [-0.1, -0.05) is 12.0 Å². The number of rotatable bonds is 5. The van der Waals surface area contributed by atoms with E-state index in [4.69, 9.17) is 11.6 Å². The number of hydrogen-bond donors (Lipinski definition) is 0. The van der Waals surface area contributed by atoms with Gasteiger partial charge >= 0.3 is 0 Å². The zero-order chi connectivity index (χ0) is 7.98. The average molecular weight is 161 g/mol. The van der Waals surface area contributed by atoms with E-state index in [1.165, 1.54) is 18.4 Å². The zero-order valence-electron chi connectivity index (χ0n) is 6.99. The van der Waals surface area contributed by atoms with E-state index in [-0.39, 0.29) is 0 Å². The number of allylic oxidation sites excluding steroid dienone is 1. The summed E-state index contributed by atoms with van der Waals surface area (Å²) >= 11 is 5.77. The first-order valence-electron chi connectivity index (χ1n) is 3.91. The Hall–Kier alpha value is 0.0300. The van der Waals surface area contributed by atoms with Crippen LogP contribution in [0.15, 0.2) is 12.2 Å². The van der Waals surface area contributed by atoms with Gasteiger partial charge in [0.15, 0.2) is 0 Å².